The van der Waals surface area contributed by atoms with Crippen molar-refractivity contribution in [2.75, 3.05) is 0 Å². The maximum Gasteiger partial charge on any atom is 0.0566 e. The van der Waals surface area contributed by atoms with Gasteiger partial charge in [0.2, 0.25) is 0 Å². The fourth-order valence-electron chi connectivity index (χ4n) is 3.87. The van der Waals surface area contributed by atoms with Crippen molar-refractivity contribution in [1.29, 1.82) is 0 Å². The fraction of sp³-hybridized carbons (Fsp3) is 1.00. The van der Waals surface area contributed by atoms with Crippen LogP contribution in [0.5, 0.6) is 0 Å². The lowest BCUT2D eigenvalue weighted by Crippen LogP contribution is -2.33. The van der Waals surface area contributed by atoms with Gasteiger partial charge >= 0.3 is 0 Å². The molecule has 0 bridgehead atoms. The number of rotatable bonds is 1. The quantitative estimate of drug-likeness (QED) is 0.717. The molecule has 0 aromatic rings. The largest absolute Gasteiger partial charge is 0.393 e. The predicted molar refractivity (Wildman–Crippen MR) is 68.2 cm³/mol. The summed E-state index contributed by atoms with van der Waals surface area (Å²) in [5.74, 6) is 4.26. The Balaban J connectivity index is 1.88. The van der Waals surface area contributed by atoms with Crippen LogP contribution in [0.25, 0.3) is 0 Å². The summed E-state index contributed by atoms with van der Waals surface area (Å²) in [6.07, 6.45) is 7.89. The number of hydrogen-bond donors (Lipinski definition) is 1. The first-order valence-electron chi connectivity index (χ1n) is 7.26. The molecule has 0 aromatic carbocycles. The van der Waals surface area contributed by atoms with Gasteiger partial charge in [0.05, 0.1) is 6.10 Å². The molecule has 94 valence electrons. The molecule has 0 aliphatic heterocycles. The van der Waals surface area contributed by atoms with Gasteiger partial charge in [0, 0.05) is 0 Å². The van der Waals surface area contributed by atoms with Crippen LogP contribution in [0, 0.1) is 29.6 Å². The molecule has 1 heteroatoms. The van der Waals surface area contributed by atoms with E-state index in [1.54, 1.807) is 0 Å². The molecule has 2 fully saturated rings. The molecule has 2 rings (SSSR count). The SMILES string of the molecule is CC1CCC(C2CCC(O)C(C)C2)CC1C. The highest BCUT2D eigenvalue weighted by Gasteiger charge is 2.34. The van der Waals surface area contributed by atoms with E-state index < -0.39 is 0 Å². The minimum atomic E-state index is -0.0174. The van der Waals surface area contributed by atoms with E-state index in [-0.39, 0.29) is 6.10 Å². The second kappa shape index (κ2) is 5.08. The van der Waals surface area contributed by atoms with Gasteiger partial charge in [-0.05, 0) is 61.7 Å². The maximum atomic E-state index is 9.79. The predicted octanol–water partition coefficient (Wildman–Crippen LogP) is 3.86. The van der Waals surface area contributed by atoms with Crippen molar-refractivity contribution in [2.45, 2.75) is 65.4 Å². The molecular weight excluding hydrogens is 196 g/mol. The summed E-state index contributed by atoms with van der Waals surface area (Å²) in [5.41, 5.74) is 0. The normalized spacial score (nSPS) is 50.2. The van der Waals surface area contributed by atoms with E-state index in [1.807, 2.05) is 0 Å². The summed E-state index contributed by atoms with van der Waals surface area (Å²) in [6.45, 7) is 7.07. The van der Waals surface area contributed by atoms with Gasteiger partial charge in [-0.3, -0.25) is 0 Å². The third-order valence-corrected chi connectivity index (χ3v) is 5.47. The van der Waals surface area contributed by atoms with Crippen LogP contribution in [0.15, 0.2) is 0 Å². The highest BCUT2D eigenvalue weighted by atomic mass is 16.3. The molecule has 0 radical (unpaired) electrons. The third-order valence-electron chi connectivity index (χ3n) is 5.47. The zero-order valence-electron chi connectivity index (χ0n) is 11.2. The standard InChI is InChI=1S/C15H28O/c1-10-4-5-13(8-11(10)2)14-6-7-15(16)12(3)9-14/h10-16H,4-9H2,1-3H3. The van der Waals surface area contributed by atoms with Crippen molar-refractivity contribution in [3.05, 3.63) is 0 Å². The van der Waals surface area contributed by atoms with Crippen LogP contribution in [0.1, 0.15) is 59.3 Å². The first-order chi connectivity index (χ1) is 7.58. The monoisotopic (exact) mass is 224 g/mol. The summed E-state index contributed by atoms with van der Waals surface area (Å²) in [4.78, 5) is 0. The molecule has 2 aliphatic carbocycles. The lowest BCUT2D eigenvalue weighted by molar-refractivity contribution is 0.0273. The van der Waals surface area contributed by atoms with Crippen molar-refractivity contribution in [2.24, 2.45) is 29.6 Å². The Morgan fingerprint density at radius 2 is 1.25 bits per heavy atom. The van der Waals surface area contributed by atoms with E-state index in [0.717, 1.165) is 30.1 Å². The fourth-order valence-corrected chi connectivity index (χ4v) is 3.87. The highest BCUT2D eigenvalue weighted by Crippen LogP contribution is 2.43. The van der Waals surface area contributed by atoms with E-state index in [4.69, 9.17) is 0 Å². The first kappa shape index (κ1) is 12.4. The molecule has 0 aromatic heterocycles. The molecule has 0 saturated heterocycles. The van der Waals surface area contributed by atoms with Crippen LogP contribution in [0.4, 0.5) is 0 Å². The summed E-state index contributed by atoms with van der Waals surface area (Å²) < 4.78 is 0. The number of hydrogen-bond acceptors (Lipinski definition) is 1. The van der Waals surface area contributed by atoms with Crippen LogP contribution < -0.4 is 0 Å². The van der Waals surface area contributed by atoms with Gasteiger partial charge in [-0.25, -0.2) is 0 Å². The van der Waals surface area contributed by atoms with Crippen LogP contribution in [0.3, 0.4) is 0 Å². The van der Waals surface area contributed by atoms with Gasteiger partial charge in [-0.1, -0.05) is 27.2 Å². The summed E-state index contributed by atoms with van der Waals surface area (Å²) in [5, 5.41) is 9.79. The molecule has 16 heavy (non-hydrogen) atoms. The van der Waals surface area contributed by atoms with Crippen molar-refractivity contribution in [1.82, 2.24) is 0 Å². The lowest BCUT2D eigenvalue weighted by Gasteiger charge is -2.41. The van der Waals surface area contributed by atoms with Crippen LogP contribution in [-0.2, 0) is 0 Å². The van der Waals surface area contributed by atoms with Crippen molar-refractivity contribution < 1.29 is 5.11 Å². The molecular formula is C15H28O. The van der Waals surface area contributed by atoms with Gasteiger partial charge < -0.3 is 5.11 Å². The summed E-state index contributed by atoms with van der Waals surface area (Å²) >= 11 is 0. The Morgan fingerprint density at radius 3 is 1.81 bits per heavy atom. The average Bonchev–Trinajstić information content (AvgIpc) is 2.26. The second-order valence-corrected chi connectivity index (χ2v) is 6.65. The molecule has 0 spiro atoms. The lowest BCUT2D eigenvalue weighted by atomic mass is 9.66. The van der Waals surface area contributed by atoms with E-state index in [0.29, 0.717) is 5.92 Å². The molecule has 0 heterocycles. The zero-order chi connectivity index (χ0) is 11.7. The van der Waals surface area contributed by atoms with E-state index in [2.05, 4.69) is 20.8 Å². The van der Waals surface area contributed by atoms with Crippen molar-refractivity contribution in [3.63, 3.8) is 0 Å². The summed E-state index contributed by atoms with van der Waals surface area (Å²) in [7, 11) is 0. The highest BCUT2D eigenvalue weighted by molar-refractivity contribution is 4.85. The Kier molecular flexibility index (Phi) is 3.94. The average molecular weight is 224 g/mol. The minimum Gasteiger partial charge on any atom is -0.393 e. The molecule has 1 nitrogen and oxygen atoms in total. The van der Waals surface area contributed by atoms with Crippen molar-refractivity contribution in [3.8, 4) is 0 Å². The van der Waals surface area contributed by atoms with Gasteiger partial charge in [0.15, 0.2) is 0 Å². The zero-order valence-corrected chi connectivity index (χ0v) is 11.2. The summed E-state index contributed by atoms with van der Waals surface area (Å²) in [6, 6.07) is 0. The number of aliphatic hydroxyl groups excluding tert-OH is 1. The molecule has 6 atom stereocenters. The van der Waals surface area contributed by atoms with Gasteiger partial charge in [0.25, 0.3) is 0 Å². The topological polar surface area (TPSA) is 20.2 Å². The third kappa shape index (κ3) is 2.61. The maximum absolute atomic E-state index is 9.79. The van der Waals surface area contributed by atoms with E-state index >= 15 is 0 Å². The smallest absolute Gasteiger partial charge is 0.0566 e. The Bertz CT molecular complexity index is 201. The molecule has 1 N–H and O–H groups in total. The molecule has 2 aliphatic rings. The van der Waals surface area contributed by atoms with Crippen molar-refractivity contribution >= 4 is 0 Å². The van der Waals surface area contributed by atoms with Gasteiger partial charge in [-0.15, -0.1) is 0 Å². The van der Waals surface area contributed by atoms with Gasteiger partial charge in [0.1, 0.15) is 0 Å². The van der Waals surface area contributed by atoms with Crippen LogP contribution in [-0.4, -0.2) is 11.2 Å². The number of aliphatic hydroxyl groups is 1. The molecule has 0 amide bonds. The van der Waals surface area contributed by atoms with Gasteiger partial charge in [-0.2, -0.15) is 0 Å². The Hall–Kier alpha value is -0.0400. The first-order valence-corrected chi connectivity index (χ1v) is 7.26. The minimum absolute atomic E-state index is 0.0174. The molecule has 6 unspecified atom stereocenters. The Morgan fingerprint density at radius 1 is 0.688 bits per heavy atom. The van der Waals surface area contributed by atoms with Crippen LogP contribution >= 0.6 is 0 Å². The Labute approximate surface area is 101 Å². The van der Waals surface area contributed by atoms with E-state index in [9.17, 15) is 5.11 Å². The molecule has 2 saturated carbocycles. The second-order valence-electron chi connectivity index (χ2n) is 6.65. The van der Waals surface area contributed by atoms with E-state index in [1.165, 1.54) is 32.1 Å². The van der Waals surface area contributed by atoms with Crippen LogP contribution in [0.2, 0.25) is 0 Å².